The lowest BCUT2D eigenvalue weighted by atomic mass is 10.0. The molecule has 0 amide bonds. The van der Waals surface area contributed by atoms with Gasteiger partial charge in [-0.05, 0) is 67.5 Å². The molecule has 3 aromatic rings. The molecule has 1 N–H and O–H groups in total. The van der Waals surface area contributed by atoms with Crippen LogP contribution in [-0.2, 0) is 0 Å². The van der Waals surface area contributed by atoms with Gasteiger partial charge in [0.1, 0.15) is 17.6 Å². The summed E-state index contributed by atoms with van der Waals surface area (Å²) in [5, 5.41) is 4.19. The number of benzene rings is 1. The van der Waals surface area contributed by atoms with Gasteiger partial charge in [-0.2, -0.15) is 0 Å². The summed E-state index contributed by atoms with van der Waals surface area (Å²) in [5.74, 6) is 1.73. The Morgan fingerprint density at radius 1 is 1.21 bits per heavy atom. The summed E-state index contributed by atoms with van der Waals surface area (Å²) >= 11 is 9.29. The fourth-order valence-corrected chi connectivity index (χ4v) is 4.69. The first-order valence-electron chi connectivity index (χ1n) is 9.43. The van der Waals surface area contributed by atoms with Gasteiger partial charge in [-0.15, -0.1) is 0 Å². The fraction of sp³-hybridized carbons (Fsp3) is 0.273. The molecule has 2 aromatic heterocycles. The van der Waals surface area contributed by atoms with Crippen LogP contribution in [0, 0.1) is 6.92 Å². The molecule has 3 heterocycles. The van der Waals surface area contributed by atoms with E-state index in [1.54, 1.807) is 0 Å². The SMILES string of the molecule is CCCN1C(=S)N[C@H](c2ccccn2)[C@H]1c1ccc(-c2ccc(C)cc2Br)o1. The van der Waals surface area contributed by atoms with E-state index in [2.05, 4.69) is 69.2 Å². The molecular weight excluding hydrogens is 434 g/mol. The minimum Gasteiger partial charge on any atom is -0.459 e. The molecule has 0 saturated carbocycles. The summed E-state index contributed by atoms with van der Waals surface area (Å²) < 4.78 is 7.38. The Hall–Kier alpha value is -2.18. The van der Waals surface area contributed by atoms with E-state index < -0.39 is 0 Å². The van der Waals surface area contributed by atoms with Crippen LogP contribution >= 0.6 is 28.1 Å². The van der Waals surface area contributed by atoms with Crippen molar-refractivity contribution < 1.29 is 4.42 Å². The number of halogens is 1. The second-order valence-electron chi connectivity index (χ2n) is 7.01. The summed E-state index contributed by atoms with van der Waals surface area (Å²) in [7, 11) is 0. The summed E-state index contributed by atoms with van der Waals surface area (Å²) in [4.78, 5) is 6.77. The van der Waals surface area contributed by atoms with E-state index >= 15 is 0 Å². The standard InChI is InChI=1S/C22H22BrN3OS/c1-3-12-26-21(20(25-22(26)28)17-6-4-5-11-24-17)19-10-9-18(27-19)15-8-7-14(2)13-16(15)23/h4-11,13,20-21H,3,12H2,1-2H3,(H,25,28)/t20-,21-/m1/s1. The first-order chi connectivity index (χ1) is 13.6. The highest BCUT2D eigenvalue weighted by Gasteiger charge is 2.41. The van der Waals surface area contributed by atoms with Crippen molar-refractivity contribution in [2.24, 2.45) is 0 Å². The first-order valence-corrected chi connectivity index (χ1v) is 10.6. The second kappa shape index (κ2) is 8.05. The zero-order valence-electron chi connectivity index (χ0n) is 15.9. The van der Waals surface area contributed by atoms with Crippen molar-refractivity contribution in [2.75, 3.05) is 6.54 Å². The van der Waals surface area contributed by atoms with Crippen LogP contribution in [0.1, 0.15) is 42.4 Å². The van der Waals surface area contributed by atoms with E-state index in [9.17, 15) is 0 Å². The van der Waals surface area contributed by atoms with Gasteiger partial charge in [0.2, 0.25) is 0 Å². The van der Waals surface area contributed by atoms with E-state index in [0.717, 1.165) is 45.3 Å². The number of nitrogens with one attached hydrogen (secondary N) is 1. The average molecular weight is 456 g/mol. The summed E-state index contributed by atoms with van der Waals surface area (Å²) in [6.45, 7) is 5.10. The quantitative estimate of drug-likeness (QED) is 0.492. The molecule has 2 atom stereocenters. The maximum atomic E-state index is 6.35. The zero-order valence-corrected chi connectivity index (χ0v) is 18.3. The second-order valence-corrected chi connectivity index (χ2v) is 8.25. The van der Waals surface area contributed by atoms with E-state index in [0.29, 0.717) is 0 Å². The molecule has 1 aliphatic rings. The molecule has 0 radical (unpaired) electrons. The van der Waals surface area contributed by atoms with E-state index in [1.165, 1.54) is 5.56 Å². The van der Waals surface area contributed by atoms with Crippen LogP contribution in [0.4, 0.5) is 0 Å². The van der Waals surface area contributed by atoms with Crippen LogP contribution in [0.5, 0.6) is 0 Å². The number of thiocarbonyl (C=S) groups is 1. The summed E-state index contributed by atoms with van der Waals surface area (Å²) in [6, 6.07) is 16.3. The fourth-order valence-electron chi connectivity index (χ4n) is 3.67. The van der Waals surface area contributed by atoms with Gasteiger partial charge in [0.15, 0.2) is 5.11 Å². The predicted molar refractivity (Wildman–Crippen MR) is 119 cm³/mol. The van der Waals surface area contributed by atoms with Crippen LogP contribution < -0.4 is 5.32 Å². The van der Waals surface area contributed by atoms with Gasteiger partial charge in [0.25, 0.3) is 0 Å². The van der Waals surface area contributed by atoms with Gasteiger partial charge >= 0.3 is 0 Å². The minimum atomic E-state index is -0.0410. The summed E-state index contributed by atoms with van der Waals surface area (Å²) in [6.07, 6.45) is 2.82. The summed E-state index contributed by atoms with van der Waals surface area (Å²) in [5.41, 5.74) is 3.21. The lowest BCUT2D eigenvalue weighted by Gasteiger charge is -2.25. The first kappa shape index (κ1) is 19.2. The van der Waals surface area contributed by atoms with Gasteiger partial charge in [0, 0.05) is 22.8 Å². The number of hydrogen-bond acceptors (Lipinski definition) is 3. The molecule has 0 unspecified atom stereocenters. The van der Waals surface area contributed by atoms with Crippen molar-refractivity contribution in [3.63, 3.8) is 0 Å². The molecule has 1 aromatic carbocycles. The minimum absolute atomic E-state index is 0.0275. The van der Waals surface area contributed by atoms with E-state index in [-0.39, 0.29) is 12.1 Å². The molecule has 144 valence electrons. The number of nitrogens with zero attached hydrogens (tertiary/aromatic N) is 2. The van der Waals surface area contributed by atoms with Crippen LogP contribution in [-0.4, -0.2) is 21.5 Å². The third-order valence-electron chi connectivity index (χ3n) is 4.97. The van der Waals surface area contributed by atoms with Gasteiger partial charge in [-0.25, -0.2) is 0 Å². The lowest BCUT2D eigenvalue weighted by Crippen LogP contribution is -2.30. The highest BCUT2D eigenvalue weighted by atomic mass is 79.9. The topological polar surface area (TPSA) is 41.3 Å². The van der Waals surface area contributed by atoms with Crippen molar-refractivity contribution >= 4 is 33.3 Å². The van der Waals surface area contributed by atoms with E-state index in [4.69, 9.17) is 16.6 Å². The molecule has 0 spiro atoms. The smallest absolute Gasteiger partial charge is 0.170 e. The van der Waals surface area contributed by atoms with Crippen molar-refractivity contribution in [2.45, 2.75) is 32.4 Å². The van der Waals surface area contributed by atoms with Crippen molar-refractivity contribution in [1.82, 2.24) is 15.2 Å². The molecule has 0 bridgehead atoms. The number of aromatic nitrogens is 1. The van der Waals surface area contributed by atoms with Crippen LogP contribution in [0.15, 0.2) is 63.6 Å². The molecule has 4 nitrogen and oxygen atoms in total. The third kappa shape index (κ3) is 3.59. The van der Waals surface area contributed by atoms with Crippen molar-refractivity contribution in [3.05, 3.63) is 76.2 Å². The maximum absolute atomic E-state index is 6.35. The van der Waals surface area contributed by atoms with Gasteiger partial charge in [-0.3, -0.25) is 4.98 Å². The van der Waals surface area contributed by atoms with Gasteiger partial charge in [0.05, 0.1) is 11.7 Å². The molecule has 1 aliphatic heterocycles. The lowest BCUT2D eigenvalue weighted by molar-refractivity contribution is 0.275. The molecule has 1 saturated heterocycles. The van der Waals surface area contributed by atoms with E-state index in [1.807, 2.05) is 30.5 Å². The normalized spacial score (nSPS) is 19.1. The Morgan fingerprint density at radius 3 is 2.79 bits per heavy atom. The van der Waals surface area contributed by atoms with Crippen molar-refractivity contribution in [1.29, 1.82) is 0 Å². The van der Waals surface area contributed by atoms with Gasteiger partial charge in [-0.1, -0.05) is 35.0 Å². The molecule has 1 fully saturated rings. The number of furan rings is 1. The van der Waals surface area contributed by atoms with Crippen LogP contribution in [0.2, 0.25) is 0 Å². The number of rotatable bonds is 5. The molecular formula is C22H22BrN3OS. The van der Waals surface area contributed by atoms with Crippen LogP contribution in [0.25, 0.3) is 11.3 Å². The Labute approximate surface area is 179 Å². The average Bonchev–Trinajstić information content (AvgIpc) is 3.28. The predicted octanol–water partition coefficient (Wildman–Crippen LogP) is 5.80. The molecule has 0 aliphatic carbocycles. The van der Waals surface area contributed by atoms with Crippen molar-refractivity contribution in [3.8, 4) is 11.3 Å². The Balaban J connectivity index is 1.73. The zero-order chi connectivity index (χ0) is 19.7. The number of aryl methyl sites for hydroxylation is 1. The number of hydrogen-bond donors (Lipinski definition) is 1. The maximum Gasteiger partial charge on any atom is 0.170 e. The monoisotopic (exact) mass is 455 g/mol. The largest absolute Gasteiger partial charge is 0.459 e. The Bertz CT molecular complexity index is 988. The third-order valence-corrected chi connectivity index (χ3v) is 5.98. The number of pyridine rings is 1. The highest BCUT2D eigenvalue weighted by Crippen LogP contribution is 2.41. The molecule has 4 rings (SSSR count). The Kier molecular flexibility index (Phi) is 5.51. The van der Waals surface area contributed by atoms with Gasteiger partial charge < -0.3 is 14.6 Å². The highest BCUT2D eigenvalue weighted by molar-refractivity contribution is 9.10. The molecule has 28 heavy (non-hydrogen) atoms. The molecule has 6 heteroatoms. The van der Waals surface area contributed by atoms with Crippen LogP contribution in [0.3, 0.4) is 0 Å². The Morgan fingerprint density at radius 2 is 2.07 bits per heavy atom.